The third kappa shape index (κ3) is 2.00. The molecule has 0 N–H and O–H groups in total. The topological polar surface area (TPSA) is 20.3 Å². The number of hydrogen-bond acceptors (Lipinski definition) is 1. The van der Waals surface area contributed by atoms with Crippen LogP contribution in [-0.2, 0) is 4.79 Å². The van der Waals surface area contributed by atoms with Crippen LogP contribution in [-0.4, -0.2) is 22.9 Å². The van der Waals surface area contributed by atoms with Gasteiger partial charge in [-0.15, -0.1) is 0 Å². The molecule has 2 atom stereocenters. The van der Waals surface area contributed by atoms with Crippen LogP contribution in [0.1, 0.15) is 66.7 Å². The summed E-state index contributed by atoms with van der Waals surface area (Å²) in [6, 6.07) is 1.09. The maximum absolute atomic E-state index is 12.9. The fourth-order valence-electron chi connectivity index (χ4n) is 3.09. The summed E-state index contributed by atoms with van der Waals surface area (Å²) in [4.78, 5) is 15.1. The Balaban J connectivity index is 2.21. The number of hydrogen-bond donors (Lipinski definition) is 0. The van der Waals surface area contributed by atoms with Crippen LogP contribution >= 0.6 is 0 Å². The zero-order chi connectivity index (χ0) is 12.8. The zero-order valence-corrected chi connectivity index (χ0v) is 12.0. The van der Waals surface area contributed by atoms with Crippen molar-refractivity contribution in [2.24, 2.45) is 10.8 Å². The zero-order valence-electron chi connectivity index (χ0n) is 12.0. The summed E-state index contributed by atoms with van der Waals surface area (Å²) in [7, 11) is 0. The van der Waals surface area contributed by atoms with Crippen molar-refractivity contribution in [2.45, 2.75) is 78.8 Å². The molecule has 0 spiro atoms. The molecule has 2 aliphatic heterocycles. The lowest BCUT2D eigenvalue weighted by atomic mass is 9.68. The fraction of sp³-hybridized carbons (Fsp3) is 0.933. The molecule has 2 rings (SSSR count). The number of carbonyl (C=O) groups is 1. The van der Waals surface area contributed by atoms with E-state index in [2.05, 4.69) is 39.5 Å². The summed E-state index contributed by atoms with van der Waals surface area (Å²) in [6.07, 6.45) is 6.23. The Morgan fingerprint density at radius 2 is 1.41 bits per heavy atom. The monoisotopic (exact) mass is 237 g/mol. The van der Waals surface area contributed by atoms with Gasteiger partial charge < -0.3 is 4.90 Å². The van der Waals surface area contributed by atoms with Crippen molar-refractivity contribution in [3.05, 3.63) is 0 Å². The molecule has 2 aliphatic rings. The SMILES string of the molecule is CC(C)(C)C(C)(C)C(=O)N1C2CCCC1CC2. The average Bonchev–Trinajstić information content (AvgIpc) is 2.45. The van der Waals surface area contributed by atoms with E-state index in [1.807, 2.05) is 0 Å². The highest BCUT2D eigenvalue weighted by molar-refractivity contribution is 5.83. The van der Waals surface area contributed by atoms with Crippen molar-refractivity contribution in [1.82, 2.24) is 4.90 Å². The number of nitrogens with zero attached hydrogens (tertiary/aromatic N) is 1. The Morgan fingerprint density at radius 1 is 0.941 bits per heavy atom. The molecule has 0 saturated carbocycles. The molecule has 2 nitrogen and oxygen atoms in total. The van der Waals surface area contributed by atoms with Crippen molar-refractivity contribution in [1.29, 1.82) is 0 Å². The van der Waals surface area contributed by atoms with Gasteiger partial charge in [0.1, 0.15) is 0 Å². The van der Waals surface area contributed by atoms with Crippen LogP contribution < -0.4 is 0 Å². The number of rotatable bonds is 1. The second-order valence-corrected chi connectivity index (χ2v) is 7.40. The molecular weight excluding hydrogens is 210 g/mol. The Morgan fingerprint density at radius 3 is 1.82 bits per heavy atom. The average molecular weight is 237 g/mol. The first-order valence-corrected chi connectivity index (χ1v) is 7.08. The van der Waals surface area contributed by atoms with Gasteiger partial charge in [0.05, 0.1) is 0 Å². The van der Waals surface area contributed by atoms with Crippen LogP contribution in [0.15, 0.2) is 0 Å². The quantitative estimate of drug-likeness (QED) is 0.682. The van der Waals surface area contributed by atoms with Crippen LogP contribution in [0.2, 0.25) is 0 Å². The van der Waals surface area contributed by atoms with Gasteiger partial charge in [0.2, 0.25) is 5.91 Å². The van der Waals surface area contributed by atoms with E-state index in [1.165, 1.54) is 32.1 Å². The largest absolute Gasteiger partial charge is 0.336 e. The smallest absolute Gasteiger partial charge is 0.229 e. The van der Waals surface area contributed by atoms with Crippen molar-refractivity contribution >= 4 is 5.91 Å². The third-order valence-electron chi connectivity index (χ3n) is 5.34. The highest BCUT2D eigenvalue weighted by Gasteiger charge is 2.48. The van der Waals surface area contributed by atoms with Gasteiger partial charge in [0, 0.05) is 17.5 Å². The maximum atomic E-state index is 12.9. The molecule has 0 aliphatic carbocycles. The normalized spacial score (nSPS) is 29.6. The summed E-state index contributed by atoms with van der Waals surface area (Å²) < 4.78 is 0. The molecule has 0 aromatic rings. The summed E-state index contributed by atoms with van der Waals surface area (Å²) in [5.41, 5.74) is -0.230. The van der Waals surface area contributed by atoms with E-state index < -0.39 is 0 Å². The predicted octanol–water partition coefficient (Wildman–Crippen LogP) is 3.60. The number of amides is 1. The second kappa shape index (κ2) is 4.00. The fourth-order valence-corrected chi connectivity index (χ4v) is 3.09. The molecule has 2 fully saturated rings. The van der Waals surface area contributed by atoms with E-state index in [0.717, 1.165) is 0 Å². The Labute approximate surface area is 106 Å². The van der Waals surface area contributed by atoms with Crippen LogP contribution in [0.5, 0.6) is 0 Å². The Bertz CT molecular complexity index is 297. The van der Waals surface area contributed by atoms with Crippen LogP contribution in [0, 0.1) is 10.8 Å². The molecule has 0 aromatic carbocycles. The molecule has 17 heavy (non-hydrogen) atoms. The second-order valence-electron chi connectivity index (χ2n) is 7.40. The standard InChI is InChI=1S/C15H27NO/c1-14(2,3)15(4,5)13(17)16-11-7-6-8-12(16)10-9-11/h11-12H,6-10H2,1-5H3. The van der Waals surface area contributed by atoms with Crippen molar-refractivity contribution in [2.75, 3.05) is 0 Å². The van der Waals surface area contributed by atoms with Gasteiger partial charge in [0.25, 0.3) is 0 Å². The number of fused-ring (bicyclic) bond motifs is 2. The minimum atomic E-state index is -0.259. The molecule has 1 amide bonds. The van der Waals surface area contributed by atoms with Crippen molar-refractivity contribution in [3.8, 4) is 0 Å². The van der Waals surface area contributed by atoms with Gasteiger partial charge in [-0.05, 0) is 37.5 Å². The molecule has 98 valence electrons. The highest BCUT2D eigenvalue weighted by Crippen LogP contribution is 2.44. The minimum absolute atomic E-state index is 0.0287. The lowest BCUT2D eigenvalue weighted by Crippen LogP contribution is -2.53. The first kappa shape index (κ1) is 12.9. The molecule has 2 unspecified atom stereocenters. The molecule has 2 heterocycles. The van der Waals surface area contributed by atoms with Gasteiger partial charge in [-0.2, -0.15) is 0 Å². The maximum Gasteiger partial charge on any atom is 0.229 e. The van der Waals surface area contributed by atoms with Gasteiger partial charge in [-0.1, -0.05) is 34.6 Å². The number of carbonyl (C=O) groups excluding carboxylic acids is 1. The minimum Gasteiger partial charge on any atom is -0.336 e. The van der Waals surface area contributed by atoms with Crippen LogP contribution in [0.3, 0.4) is 0 Å². The van der Waals surface area contributed by atoms with Crippen LogP contribution in [0.4, 0.5) is 0 Å². The van der Waals surface area contributed by atoms with Gasteiger partial charge in [-0.3, -0.25) is 4.79 Å². The van der Waals surface area contributed by atoms with Gasteiger partial charge >= 0.3 is 0 Å². The van der Waals surface area contributed by atoms with E-state index in [9.17, 15) is 4.79 Å². The summed E-state index contributed by atoms with van der Waals surface area (Å²) >= 11 is 0. The van der Waals surface area contributed by atoms with E-state index in [0.29, 0.717) is 18.0 Å². The summed E-state index contributed by atoms with van der Waals surface area (Å²) in [5, 5.41) is 0. The van der Waals surface area contributed by atoms with Crippen molar-refractivity contribution in [3.63, 3.8) is 0 Å². The molecule has 0 aromatic heterocycles. The number of piperidine rings is 1. The summed E-state index contributed by atoms with van der Waals surface area (Å²) in [5.74, 6) is 0.386. The first-order valence-electron chi connectivity index (χ1n) is 7.08. The first-order chi connectivity index (χ1) is 7.75. The molecule has 2 bridgehead atoms. The Kier molecular flexibility index (Phi) is 3.04. The third-order valence-corrected chi connectivity index (χ3v) is 5.34. The predicted molar refractivity (Wildman–Crippen MR) is 70.7 cm³/mol. The van der Waals surface area contributed by atoms with E-state index in [-0.39, 0.29) is 10.8 Å². The summed E-state index contributed by atoms with van der Waals surface area (Å²) in [6.45, 7) is 10.8. The lowest BCUT2D eigenvalue weighted by Gasteiger charge is -2.45. The lowest BCUT2D eigenvalue weighted by molar-refractivity contribution is -0.150. The molecule has 2 saturated heterocycles. The van der Waals surface area contributed by atoms with Crippen LogP contribution in [0.25, 0.3) is 0 Å². The van der Waals surface area contributed by atoms with E-state index in [4.69, 9.17) is 0 Å². The Hall–Kier alpha value is -0.530. The van der Waals surface area contributed by atoms with Gasteiger partial charge in [0.15, 0.2) is 0 Å². The highest BCUT2D eigenvalue weighted by atomic mass is 16.2. The van der Waals surface area contributed by atoms with E-state index >= 15 is 0 Å². The molecule has 2 heteroatoms. The molecular formula is C15H27NO. The van der Waals surface area contributed by atoms with Gasteiger partial charge in [-0.25, -0.2) is 0 Å². The molecule has 0 radical (unpaired) electrons. The van der Waals surface area contributed by atoms with E-state index in [1.54, 1.807) is 0 Å². The van der Waals surface area contributed by atoms with Crippen molar-refractivity contribution < 1.29 is 4.79 Å².